The van der Waals surface area contributed by atoms with E-state index in [1.165, 1.54) is 22.6 Å². The van der Waals surface area contributed by atoms with Crippen LogP contribution in [0.15, 0.2) is 47.4 Å². The van der Waals surface area contributed by atoms with Crippen molar-refractivity contribution in [1.82, 2.24) is 9.38 Å². The van der Waals surface area contributed by atoms with Crippen molar-refractivity contribution in [2.75, 3.05) is 5.73 Å². The summed E-state index contributed by atoms with van der Waals surface area (Å²) in [6.45, 7) is 1.57. The number of ether oxygens (including phenoxy) is 1. The van der Waals surface area contributed by atoms with E-state index in [0.717, 1.165) is 11.6 Å². The fraction of sp³-hybridized carbons (Fsp3) is 0.118. The Labute approximate surface area is 146 Å². The Bertz CT molecular complexity index is 1090. The van der Waals surface area contributed by atoms with E-state index >= 15 is 0 Å². The average molecular weight is 354 g/mol. The largest absolute Gasteiger partial charge is 0.456 e. The lowest BCUT2D eigenvalue weighted by Gasteiger charge is -2.07. The molecule has 26 heavy (non-hydrogen) atoms. The number of nitro benzene ring substituents is 1. The van der Waals surface area contributed by atoms with Crippen LogP contribution in [0.2, 0.25) is 0 Å². The quantitative estimate of drug-likeness (QED) is 0.327. The summed E-state index contributed by atoms with van der Waals surface area (Å²) in [5.41, 5.74) is 6.30. The number of esters is 1. The Morgan fingerprint density at radius 2 is 2.12 bits per heavy atom. The summed E-state index contributed by atoms with van der Waals surface area (Å²) in [5.74, 6) is -0.778. The highest BCUT2D eigenvalue weighted by Gasteiger charge is 2.17. The molecule has 0 unspecified atom stereocenters. The van der Waals surface area contributed by atoms with Gasteiger partial charge in [-0.15, -0.1) is 0 Å². The van der Waals surface area contributed by atoms with Crippen molar-refractivity contribution < 1.29 is 14.5 Å². The number of carbonyl (C=O) groups is 1. The van der Waals surface area contributed by atoms with Crippen LogP contribution in [0.25, 0.3) is 5.65 Å². The first kappa shape index (κ1) is 17.1. The fourth-order valence-corrected chi connectivity index (χ4v) is 2.43. The van der Waals surface area contributed by atoms with Crippen LogP contribution in [0.1, 0.15) is 21.6 Å². The molecular weight excluding hydrogens is 340 g/mol. The third-order valence-electron chi connectivity index (χ3n) is 3.75. The van der Waals surface area contributed by atoms with Crippen LogP contribution >= 0.6 is 0 Å². The number of nitrogens with two attached hydrogens (primary N) is 1. The second-order valence-corrected chi connectivity index (χ2v) is 5.58. The summed E-state index contributed by atoms with van der Waals surface area (Å²) in [6.07, 6.45) is 1.60. The normalized spacial score (nSPS) is 10.7. The molecule has 0 spiro atoms. The molecule has 0 saturated heterocycles. The lowest BCUT2D eigenvalue weighted by atomic mass is 10.2. The molecule has 9 nitrogen and oxygen atoms in total. The lowest BCUT2D eigenvalue weighted by Crippen LogP contribution is -2.17. The number of nitrogen functional groups attached to an aromatic ring is 1. The zero-order valence-corrected chi connectivity index (χ0v) is 13.7. The van der Waals surface area contributed by atoms with E-state index in [-0.39, 0.29) is 34.8 Å². The van der Waals surface area contributed by atoms with E-state index in [1.54, 1.807) is 12.3 Å². The molecule has 0 atom stereocenters. The van der Waals surface area contributed by atoms with E-state index in [1.807, 2.05) is 13.0 Å². The van der Waals surface area contributed by atoms with Crippen LogP contribution in [0.4, 0.5) is 11.4 Å². The fourth-order valence-electron chi connectivity index (χ4n) is 2.43. The Morgan fingerprint density at radius 3 is 2.85 bits per heavy atom. The first-order chi connectivity index (χ1) is 12.4. The molecule has 0 aliphatic rings. The number of pyridine rings is 1. The summed E-state index contributed by atoms with van der Waals surface area (Å²) in [5, 5.41) is 10.9. The molecule has 0 aliphatic carbocycles. The minimum absolute atomic E-state index is 0.0143. The molecule has 3 aromatic rings. The van der Waals surface area contributed by atoms with Crippen LogP contribution < -0.4 is 11.3 Å². The van der Waals surface area contributed by atoms with Crippen molar-refractivity contribution in [3.05, 3.63) is 79.9 Å². The molecule has 0 fully saturated rings. The molecule has 132 valence electrons. The Balaban J connectivity index is 1.83. The van der Waals surface area contributed by atoms with Gasteiger partial charge >= 0.3 is 5.97 Å². The maximum atomic E-state index is 12.1. The first-order valence-electron chi connectivity index (χ1n) is 7.56. The number of benzene rings is 1. The van der Waals surface area contributed by atoms with E-state index in [4.69, 9.17) is 10.5 Å². The summed E-state index contributed by atoms with van der Waals surface area (Å²) in [7, 11) is 0. The van der Waals surface area contributed by atoms with Gasteiger partial charge in [0.1, 0.15) is 17.9 Å². The number of aryl methyl sites for hydroxylation is 1. The maximum absolute atomic E-state index is 12.1. The van der Waals surface area contributed by atoms with Gasteiger partial charge in [0.15, 0.2) is 0 Å². The molecule has 2 aromatic heterocycles. The number of aromatic nitrogens is 2. The van der Waals surface area contributed by atoms with Crippen molar-refractivity contribution in [2.24, 2.45) is 0 Å². The summed E-state index contributed by atoms with van der Waals surface area (Å²) < 4.78 is 6.51. The second-order valence-electron chi connectivity index (χ2n) is 5.58. The standard InChI is InChI=1S/C17H14N4O5/c1-10-3-2-6-20-15(22)8-12(19-16(10)20)9-26-17(23)11-4-5-13(18)14(7-11)21(24)25/h2-8H,9,18H2,1H3. The number of anilines is 1. The van der Waals surface area contributed by atoms with Gasteiger partial charge in [0.05, 0.1) is 16.2 Å². The molecule has 2 N–H and O–H groups in total. The number of nitro groups is 1. The summed E-state index contributed by atoms with van der Waals surface area (Å²) in [4.78, 5) is 38.8. The van der Waals surface area contributed by atoms with E-state index in [9.17, 15) is 19.7 Å². The van der Waals surface area contributed by atoms with Gasteiger partial charge in [-0.1, -0.05) is 6.07 Å². The minimum atomic E-state index is -0.778. The molecule has 3 rings (SSSR count). The first-order valence-corrected chi connectivity index (χ1v) is 7.56. The minimum Gasteiger partial charge on any atom is -0.456 e. The topological polar surface area (TPSA) is 130 Å². The third kappa shape index (κ3) is 3.22. The van der Waals surface area contributed by atoms with Crippen molar-refractivity contribution >= 4 is 23.0 Å². The van der Waals surface area contributed by atoms with Crippen LogP contribution in [-0.2, 0) is 11.3 Å². The van der Waals surface area contributed by atoms with Crippen molar-refractivity contribution in [1.29, 1.82) is 0 Å². The Morgan fingerprint density at radius 1 is 1.35 bits per heavy atom. The molecular formula is C17H14N4O5. The number of nitrogens with zero attached hydrogens (tertiary/aromatic N) is 3. The number of hydrogen-bond acceptors (Lipinski definition) is 7. The molecule has 9 heteroatoms. The number of fused-ring (bicyclic) bond motifs is 1. The monoisotopic (exact) mass is 354 g/mol. The van der Waals surface area contributed by atoms with E-state index in [0.29, 0.717) is 5.65 Å². The second kappa shape index (κ2) is 6.63. The predicted octanol–water partition coefficient (Wildman–Crippen LogP) is 1.85. The van der Waals surface area contributed by atoms with Gasteiger partial charge in [0, 0.05) is 18.3 Å². The maximum Gasteiger partial charge on any atom is 0.338 e. The summed E-state index contributed by atoms with van der Waals surface area (Å²) in [6, 6.07) is 8.45. The van der Waals surface area contributed by atoms with Crippen LogP contribution in [0.3, 0.4) is 0 Å². The third-order valence-corrected chi connectivity index (χ3v) is 3.75. The summed E-state index contributed by atoms with van der Waals surface area (Å²) >= 11 is 0. The van der Waals surface area contributed by atoms with Gasteiger partial charge in [-0.2, -0.15) is 0 Å². The highest BCUT2D eigenvalue weighted by Crippen LogP contribution is 2.22. The number of carbonyl (C=O) groups excluding carboxylic acids is 1. The molecule has 1 aromatic carbocycles. The molecule has 0 amide bonds. The van der Waals surface area contributed by atoms with Crippen LogP contribution in [0.5, 0.6) is 0 Å². The Hall–Kier alpha value is -3.75. The molecule has 0 radical (unpaired) electrons. The van der Waals surface area contributed by atoms with Crippen molar-refractivity contribution in [3.8, 4) is 0 Å². The van der Waals surface area contributed by atoms with Gasteiger partial charge in [0.25, 0.3) is 11.2 Å². The van der Waals surface area contributed by atoms with Gasteiger partial charge in [0.2, 0.25) is 0 Å². The molecule has 0 aliphatic heterocycles. The predicted molar refractivity (Wildman–Crippen MR) is 92.8 cm³/mol. The number of hydrogen-bond donors (Lipinski definition) is 1. The SMILES string of the molecule is Cc1cccn2c(=O)cc(COC(=O)c3ccc(N)c([N+](=O)[O-])c3)nc12. The van der Waals surface area contributed by atoms with Crippen LogP contribution in [0, 0.1) is 17.0 Å². The van der Waals surface area contributed by atoms with Gasteiger partial charge in [-0.3, -0.25) is 19.3 Å². The lowest BCUT2D eigenvalue weighted by molar-refractivity contribution is -0.383. The molecule has 0 bridgehead atoms. The smallest absolute Gasteiger partial charge is 0.338 e. The van der Waals surface area contributed by atoms with E-state index < -0.39 is 10.9 Å². The average Bonchev–Trinajstić information content (AvgIpc) is 2.60. The molecule has 2 heterocycles. The van der Waals surface area contributed by atoms with Gasteiger partial charge in [-0.25, -0.2) is 9.78 Å². The highest BCUT2D eigenvalue weighted by atomic mass is 16.6. The van der Waals surface area contributed by atoms with Crippen molar-refractivity contribution in [2.45, 2.75) is 13.5 Å². The van der Waals surface area contributed by atoms with Crippen LogP contribution in [-0.4, -0.2) is 20.3 Å². The molecule has 0 saturated carbocycles. The number of rotatable bonds is 4. The van der Waals surface area contributed by atoms with Crippen molar-refractivity contribution in [3.63, 3.8) is 0 Å². The zero-order valence-electron chi connectivity index (χ0n) is 13.7. The highest BCUT2D eigenvalue weighted by molar-refractivity contribution is 5.91. The van der Waals surface area contributed by atoms with Gasteiger partial charge < -0.3 is 10.5 Å². The zero-order chi connectivity index (χ0) is 18.8. The van der Waals surface area contributed by atoms with E-state index in [2.05, 4.69) is 4.98 Å². The Kier molecular flexibility index (Phi) is 4.36. The van der Waals surface area contributed by atoms with Gasteiger partial charge in [-0.05, 0) is 30.7 Å².